The van der Waals surface area contributed by atoms with Gasteiger partial charge >= 0.3 is 6.18 Å². The van der Waals surface area contributed by atoms with Crippen LogP contribution < -0.4 is 0 Å². The molecule has 168 valence electrons. The fraction of sp³-hybridized carbons (Fsp3) is 0.208. The number of unbranched alkanes of at least 4 members (excludes halogenated alkanes) is 1. The van der Waals surface area contributed by atoms with Gasteiger partial charge in [0, 0.05) is 23.1 Å². The van der Waals surface area contributed by atoms with Crippen LogP contribution in [0.2, 0.25) is 0 Å². The fourth-order valence-corrected chi connectivity index (χ4v) is 4.66. The van der Waals surface area contributed by atoms with Crippen LogP contribution in [0.5, 0.6) is 0 Å². The molecule has 3 aromatic heterocycles. The Morgan fingerprint density at radius 1 is 1.03 bits per heavy atom. The molecule has 0 saturated heterocycles. The Balaban J connectivity index is 1.49. The van der Waals surface area contributed by atoms with Crippen LogP contribution >= 0.6 is 11.3 Å². The monoisotopic (exact) mass is 468 g/mol. The molecule has 3 heterocycles. The first kappa shape index (κ1) is 21.4. The van der Waals surface area contributed by atoms with Crippen molar-refractivity contribution in [2.75, 3.05) is 0 Å². The van der Waals surface area contributed by atoms with Crippen LogP contribution in [0.25, 0.3) is 44.2 Å². The van der Waals surface area contributed by atoms with Gasteiger partial charge in [0.15, 0.2) is 0 Å². The second kappa shape index (κ2) is 8.47. The number of thiophene rings is 1. The number of halogens is 3. The van der Waals surface area contributed by atoms with Gasteiger partial charge in [-0.2, -0.15) is 23.3 Å². The number of rotatable bonds is 6. The summed E-state index contributed by atoms with van der Waals surface area (Å²) < 4.78 is 48.4. The maximum atomic E-state index is 13.7. The molecule has 0 N–H and O–H groups in total. The lowest BCUT2D eigenvalue weighted by atomic mass is 10.1. The third-order valence-electron chi connectivity index (χ3n) is 5.33. The number of benzene rings is 2. The van der Waals surface area contributed by atoms with Gasteiger partial charge in [0.2, 0.25) is 5.82 Å². The van der Waals surface area contributed by atoms with Gasteiger partial charge in [0.25, 0.3) is 5.89 Å². The number of aromatic nitrogens is 4. The number of hydrogen-bond acceptors (Lipinski definition) is 5. The van der Waals surface area contributed by atoms with Crippen molar-refractivity contribution in [2.24, 2.45) is 0 Å². The summed E-state index contributed by atoms with van der Waals surface area (Å²) >= 11 is 0.602. The minimum Gasteiger partial charge on any atom is -0.333 e. The quantitative estimate of drug-likeness (QED) is 0.262. The van der Waals surface area contributed by atoms with Crippen LogP contribution in [-0.2, 0) is 12.7 Å². The zero-order valence-corrected chi connectivity index (χ0v) is 18.5. The highest BCUT2D eigenvalue weighted by Crippen LogP contribution is 2.45. The Morgan fingerprint density at radius 3 is 2.61 bits per heavy atom. The lowest BCUT2D eigenvalue weighted by molar-refractivity contribution is -0.133. The Morgan fingerprint density at radius 2 is 1.85 bits per heavy atom. The molecule has 5 aromatic rings. The number of nitrogens with zero attached hydrogens (tertiary/aromatic N) is 4. The summed E-state index contributed by atoms with van der Waals surface area (Å²) in [7, 11) is 0. The van der Waals surface area contributed by atoms with E-state index < -0.39 is 11.1 Å². The van der Waals surface area contributed by atoms with Crippen LogP contribution in [0.3, 0.4) is 0 Å². The molecule has 0 bridgehead atoms. The van der Waals surface area contributed by atoms with Crippen molar-refractivity contribution in [3.63, 3.8) is 0 Å². The topological polar surface area (TPSA) is 56.7 Å². The van der Waals surface area contributed by atoms with E-state index in [1.807, 2.05) is 22.9 Å². The molecule has 0 unspecified atom stereocenters. The molecule has 0 saturated carbocycles. The molecule has 0 amide bonds. The first-order valence-corrected chi connectivity index (χ1v) is 11.3. The molecular weight excluding hydrogens is 449 g/mol. The maximum absolute atomic E-state index is 13.7. The largest absolute Gasteiger partial charge is 0.426 e. The molecule has 0 aliphatic heterocycles. The SMILES string of the molecule is CCCCn1ncc2cc(-c3noc(-c4cc(-c5ccccc5)c(C(F)(F)F)s4)n3)ccc21. The Labute approximate surface area is 191 Å². The van der Waals surface area contributed by atoms with Crippen molar-refractivity contribution in [2.45, 2.75) is 32.5 Å². The van der Waals surface area contributed by atoms with Crippen molar-refractivity contribution < 1.29 is 17.7 Å². The number of fused-ring (bicyclic) bond motifs is 1. The lowest BCUT2D eigenvalue weighted by Gasteiger charge is -2.07. The van der Waals surface area contributed by atoms with E-state index in [-0.39, 0.29) is 16.3 Å². The molecule has 5 rings (SSSR count). The zero-order chi connectivity index (χ0) is 23.0. The molecule has 5 nitrogen and oxygen atoms in total. The standard InChI is InChI=1S/C24H19F3N4OS/c1-2-3-11-31-19-10-9-16(12-17(19)14-28-31)22-29-23(32-30-22)20-13-18(15-7-5-4-6-8-15)21(33-20)24(25,26)27/h4-10,12-14H,2-3,11H2,1H3. The number of hydrogen-bond donors (Lipinski definition) is 0. The highest BCUT2D eigenvalue weighted by Gasteiger charge is 2.37. The Hall–Kier alpha value is -3.46. The summed E-state index contributed by atoms with van der Waals surface area (Å²) in [5, 5.41) is 9.39. The summed E-state index contributed by atoms with van der Waals surface area (Å²) in [6.45, 7) is 2.97. The van der Waals surface area contributed by atoms with Gasteiger partial charge in [-0.15, -0.1) is 11.3 Å². The van der Waals surface area contributed by atoms with Gasteiger partial charge in [0.1, 0.15) is 4.88 Å². The first-order chi connectivity index (χ1) is 15.9. The number of alkyl halides is 3. The Kier molecular flexibility index (Phi) is 5.49. The normalized spacial score (nSPS) is 12.0. The van der Waals surface area contributed by atoms with E-state index in [2.05, 4.69) is 22.2 Å². The van der Waals surface area contributed by atoms with Crippen LogP contribution in [0.1, 0.15) is 24.6 Å². The molecule has 0 aliphatic carbocycles. The summed E-state index contributed by atoms with van der Waals surface area (Å²) in [5.41, 5.74) is 2.31. The predicted octanol–water partition coefficient (Wildman–Crippen LogP) is 7.30. The van der Waals surface area contributed by atoms with E-state index in [9.17, 15) is 13.2 Å². The molecule has 0 radical (unpaired) electrons. The summed E-state index contributed by atoms with van der Waals surface area (Å²) in [6.07, 6.45) is -0.579. The molecule has 2 aromatic carbocycles. The fourth-order valence-electron chi connectivity index (χ4n) is 3.69. The van der Waals surface area contributed by atoms with E-state index in [4.69, 9.17) is 4.52 Å². The highest BCUT2D eigenvalue weighted by atomic mass is 32.1. The van der Waals surface area contributed by atoms with Gasteiger partial charge in [-0.1, -0.05) is 48.8 Å². The van der Waals surface area contributed by atoms with Gasteiger partial charge in [-0.25, -0.2) is 0 Å². The van der Waals surface area contributed by atoms with Crippen LogP contribution in [-0.4, -0.2) is 19.9 Å². The van der Waals surface area contributed by atoms with E-state index in [0.29, 0.717) is 28.3 Å². The van der Waals surface area contributed by atoms with Gasteiger partial charge < -0.3 is 4.52 Å². The zero-order valence-electron chi connectivity index (χ0n) is 17.6. The maximum Gasteiger partial charge on any atom is 0.426 e. The van der Waals surface area contributed by atoms with E-state index >= 15 is 0 Å². The third kappa shape index (κ3) is 4.16. The molecule has 0 fully saturated rings. The summed E-state index contributed by atoms with van der Waals surface area (Å²) in [6, 6.07) is 15.7. The van der Waals surface area contributed by atoms with Gasteiger partial charge in [0.05, 0.1) is 16.6 Å². The van der Waals surface area contributed by atoms with Crippen molar-refractivity contribution in [3.8, 4) is 33.3 Å². The van der Waals surface area contributed by atoms with E-state index in [0.717, 1.165) is 30.3 Å². The molecular formula is C24H19F3N4OS. The minimum absolute atomic E-state index is 0.0569. The minimum atomic E-state index is -4.49. The smallest absolute Gasteiger partial charge is 0.333 e. The highest BCUT2D eigenvalue weighted by molar-refractivity contribution is 7.16. The van der Waals surface area contributed by atoms with Crippen molar-refractivity contribution in [1.82, 2.24) is 19.9 Å². The summed E-state index contributed by atoms with van der Waals surface area (Å²) in [5.74, 6) is 0.373. The molecule has 33 heavy (non-hydrogen) atoms. The van der Waals surface area contributed by atoms with Crippen LogP contribution in [0.4, 0.5) is 13.2 Å². The average molecular weight is 469 g/mol. The Bertz CT molecular complexity index is 1400. The third-order valence-corrected chi connectivity index (χ3v) is 6.50. The lowest BCUT2D eigenvalue weighted by Crippen LogP contribution is -2.03. The van der Waals surface area contributed by atoms with Crippen LogP contribution in [0.15, 0.2) is 65.3 Å². The molecule has 0 atom stereocenters. The second-order valence-electron chi connectivity index (χ2n) is 7.64. The van der Waals surface area contributed by atoms with Crippen molar-refractivity contribution >= 4 is 22.2 Å². The predicted molar refractivity (Wildman–Crippen MR) is 122 cm³/mol. The van der Waals surface area contributed by atoms with E-state index in [1.54, 1.807) is 36.5 Å². The van der Waals surface area contributed by atoms with Crippen LogP contribution in [0, 0.1) is 0 Å². The second-order valence-corrected chi connectivity index (χ2v) is 8.69. The van der Waals surface area contributed by atoms with Crippen molar-refractivity contribution in [1.29, 1.82) is 0 Å². The van der Waals surface area contributed by atoms with Gasteiger partial charge in [-0.05, 0) is 36.2 Å². The average Bonchev–Trinajstić information content (AvgIpc) is 3.55. The number of aryl methyl sites for hydroxylation is 1. The molecule has 0 aliphatic rings. The van der Waals surface area contributed by atoms with Crippen molar-refractivity contribution in [3.05, 3.63) is 65.7 Å². The summed E-state index contributed by atoms with van der Waals surface area (Å²) in [4.78, 5) is 3.96. The first-order valence-electron chi connectivity index (χ1n) is 10.5. The van der Waals surface area contributed by atoms with Gasteiger partial charge in [-0.3, -0.25) is 4.68 Å². The molecule has 0 spiro atoms. The molecule has 9 heteroatoms. The van der Waals surface area contributed by atoms with E-state index in [1.165, 1.54) is 6.07 Å².